The lowest BCUT2D eigenvalue weighted by molar-refractivity contribution is -0.147. The van der Waals surface area contributed by atoms with Gasteiger partial charge in [0.1, 0.15) is 29.4 Å². The molecular formula is C29H29N3O9. The number of nitrogens with one attached hydrogen (secondary N) is 1. The number of phenols is 1. The fourth-order valence-electron chi connectivity index (χ4n) is 6.09. The van der Waals surface area contributed by atoms with E-state index in [1.807, 2.05) is 0 Å². The number of amides is 2. The number of rotatable bonds is 6. The summed E-state index contributed by atoms with van der Waals surface area (Å²) in [5, 5.41) is 48.2. The number of hydrogen-bond donors (Lipinski definition) is 6. The van der Waals surface area contributed by atoms with Gasteiger partial charge in [0, 0.05) is 30.6 Å². The molecule has 7 N–H and O–H groups in total. The van der Waals surface area contributed by atoms with Crippen molar-refractivity contribution >= 4 is 34.8 Å². The van der Waals surface area contributed by atoms with Crippen LogP contribution >= 0.6 is 0 Å². The first-order valence-corrected chi connectivity index (χ1v) is 12.9. The number of aliphatic hydroxyl groups is 3. The number of carbonyl (C=O) groups is 4. The van der Waals surface area contributed by atoms with Crippen LogP contribution in [0.15, 0.2) is 53.3 Å². The summed E-state index contributed by atoms with van der Waals surface area (Å²) in [7, 11) is 3.07. The number of aromatic hydroxyl groups is 1. The van der Waals surface area contributed by atoms with Gasteiger partial charge in [0.25, 0.3) is 5.91 Å². The average molecular weight is 564 g/mol. The Morgan fingerprint density at radius 1 is 1.10 bits per heavy atom. The minimum absolute atomic E-state index is 0.00890. The van der Waals surface area contributed by atoms with Gasteiger partial charge in [0.05, 0.1) is 12.7 Å². The lowest BCUT2D eigenvalue weighted by atomic mass is 9.59. The molecule has 1 saturated carbocycles. The van der Waals surface area contributed by atoms with E-state index in [0.29, 0.717) is 22.4 Å². The van der Waals surface area contributed by atoms with Crippen LogP contribution in [0.3, 0.4) is 0 Å². The molecule has 3 aliphatic carbocycles. The van der Waals surface area contributed by atoms with E-state index in [4.69, 9.17) is 10.6 Å². The largest absolute Gasteiger partial charge is 0.508 e. The number of nitrogens with zero attached hydrogens (tertiary/aromatic N) is 1. The van der Waals surface area contributed by atoms with Gasteiger partial charge in [0.15, 0.2) is 11.4 Å². The molecule has 2 amide bonds. The fourth-order valence-corrected chi connectivity index (χ4v) is 6.09. The molecule has 3 unspecified atom stereocenters. The van der Waals surface area contributed by atoms with Crippen molar-refractivity contribution < 1.29 is 44.4 Å². The van der Waals surface area contributed by atoms with Crippen molar-refractivity contribution in [2.45, 2.75) is 24.9 Å². The molecule has 12 nitrogen and oxygen atoms in total. The van der Waals surface area contributed by atoms with E-state index < -0.39 is 52.0 Å². The van der Waals surface area contributed by atoms with Crippen molar-refractivity contribution in [3.05, 3.63) is 64.4 Å². The van der Waals surface area contributed by atoms with Gasteiger partial charge >= 0.3 is 0 Å². The van der Waals surface area contributed by atoms with Crippen LogP contribution in [0.25, 0.3) is 16.9 Å². The van der Waals surface area contributed by atoms with Crippen molar-refractivity contribution in [1.29, 1.82) is 0 Å². The number of fused-ring (bicyclic) bond motifs is 3. The molecule has 2 aromatic carbocycles. The predicted molar refractivity (Wildman–Crippen MR) is 145 cm³/mol. The van der Waals surface area contributed by atoms with Crippen LogP contribution in [-0.2, 0) is 30.4 Å². The number of hydroxylamine groups is 2. The highest BCUT2D eigenvalue weighted by Crippen LogP contribution is 2.53. The number of nitrogens with two attached hydrogens (primary N) is 1. The number of primary amides is 1. The zero-order valence-electron chi connectivity index (χ0n) is 22.3. The van der Waals surface area contributed by atoms with Gasteiger partial charge in [-0.15, -0.1) is 0 Å². The van der Waals surface area contributed by atoms with E-state index in [1.54, 1.807) is 37.4 Å². The van der Waals surface area contributed by atoms with Crippen molar-refractivity contribution in [3.63, 3.8) is 0 Å². The normalized spacial score (nSPS) is 23.7. The second-order valence-electron chi connectivity index (χ2n) is 10.5. The molecule has 12 heteroatoms. The first-order chi connectivity index (χ1) is 19.4. The fraction of sp³-hybridized carbons (Fsp3) is 0.310. The van der Waals surface area contributed by atoms with E-state index in [2.05, 4.69) is 5.32 Å². The maximum absolute atomic E-state index is 13.6. The molecule has 0 aliphatic heterocycles. The third kappa shape index (κ3) is 4.46. The molecular weight excluding hydrogens is 534 g/mol. The van der Waals surface area contributed by atoms with Crippen LogP contribution in [-0.4, -0.2) is 75.2 Å². The van der Waals surface area contributed by atoms with Gasteiger partial charge in [-0.2, -0.15) is 5.06 Å². The number of likely N-dealkylation sites (N-methyl/N-ethyl adjacent to an activating group) is 1. The molecule has 1 fully saturated rings. The van der Waals surface area contributed by atoms with Crippen LogP contribution in [0.2, 0.25) is 0 Å². The Labute approximate surface area is 234 Å². The standard InChI is InChI=1S/C29H29N3O9/c1-32(41-2)12-21(35)31-16-5-3-13(4-6-16)17-7-8-19(33)23-18(17)10-14-9-15-11-20(34)24(28(30)39)27(38)29(15,40)26(37)22(14)25(23)36/h3-8,14-15,33,36,38,40H,9-12H2,1-2H3,(H2,30,39)(H,31,35). The summed E-state index contributed by atoms with van der Waals surface area (Å²) in [5.41, 5.74) is 4.05. The van der Waals surface area contributed by atoms with Crippen molar-refractivity contribution in [3.8, 4) is 16.9 Å². The highest BCUT2D eigenvalue weighted by atomic mass is 16.7. The SMILES string of the molecule is CON(C)CC(=O)Nc1ccc(-c2ccc(O)c3c2CC2CC4CC(=O)C(C(N)=O)=C(O)C4(O)C(=O)C2=C3O)cc1. The summed E-state index contributed by atoms with van der Waals surface area (Å²) in [6.45, 7) is 0.0247. The summed E-state index contributed by atoms with van der Waals surface area (Å²) >= 11 is 0. The highest BCUT2D eigenvalue weighted by molar-refractivity contribution is 6.22. The Kier molecular flexibility index (Phi) is 6.93. The van der Waals surface area contributed by atoms with E-state index in [9.17, 15) is 39.6 Å². The van der Waals surface area contributed by atoms with Gasteiger partial charge in [-0.05, 0) is 53.6 Å². The van der Waals surface area contributed by atoms with Gasteiger partial charge in [-0.3, -0.25) is 19.2 Å². The molecule has 3 aliphatic rings. The summed E-state index contributed by atoms with van der Waals surface area (Å²) in [6, 6.07) is 9.97. The highest BCUT2D eigenvalue weighted by Gasteiger charge is 2.60. The molecule has 5 rings (SSSR count). The van der Waals surface area contributed by atoms with Crippen molar-refractivity contribution in [2.75, 3.05) is 26.0 Å². The van der Waals surface area contributed by atoms with Crippen LogP contribution < -0.4 is 11.1 Å². The zero-order valence-corrected chi connectivity index (χ0v) is 22.3. The lowest BCUT2D eigenvalue weighted by Gasteiger charge is -2.46. The van der Waals surface area contributed by atoms with E-state index in [1.165, 1.54) is 18.2 Å². The monoisotopic (exact) mass is 563 g/mol. The molecule has 0 spiro atoms. The Hall–Kier alpha value is -4.52. The first kappa shape index (κ1) is 28.0. The Morgan fingerprint density at radius 2 is 1.78 bits per heavy atom. The molecule has 2 aromatic rings. The quantitative estimate of drug-likeness (QED) is 0.221. The summed E-state index contributed by atoms with van der Waals surface area (Å²) in [6.07, 6.45) is -0.166. The number of benzene rings is 2. The number of phenolic OH excluding ortho intramolecular Hbond substituents is 1. The smallest absolute Gasteiger partial charge is 0.255 e. The molecule has 3 atom stereocenters. The van der Waals surface area contributed by atoms with Crippen LogP contribution in [0.4, 0.5) is 5.69 Å². The van der Waals surface area contributed by atoms with Gasteiger partial charge in [-0.25, -0.2) is 0 Å². The number of hydrogen-bond acceptors (Lipinski definition) is 10. The van der Waals surface area contributed by atoms with Gasteiger partial charge in [0.2, 0.25) is 11.7 Å². The third-order valence-electron chi connectivity index (χ3n) is 8.10. The van der Waals surface area contributed by atoms with Gasteiger partial charge in [-0.1, -0.05) is 18.2 Å². The number of anilines is 1. The lowest BCUT2D eigenvalue weighted by Crippen LogP contribution is -2.58. The van der Waals surface area contributed by atoms with Crippen molar-refractivity contribution in [1.82, 2.24) is 5.06 Å². The Morgan fingerprint density at radius 3 is 2.41 bits per heavy atom. The second-order valence-corrected chi connectivity index (χ2v) is 10.5. The van der Waals surface area contributed by atoms with Crippen LogP contribution in [0, 0.1) is 11.8 Å². The molecule has 214 valence electrons. The van der Waals surface area contributed by atoms with E-state index in [0.717, 1.165) is 0 Å². The zero-order chi connectivity index (χ0) is 29.8. The number of aliphatic hydroxyl groups excluding tert-OH is 2. The Bertz CT molecular complexity index is 1560. The maximum atomic E-state index is 13.6. The van der Waals surface area contributed by atoms with Gasteiger partial charge < -0.3 is 36.3 Å². The number of carbonyl (C=O) groups excluding carboxylic acids is 4. The van der Waals surface area contributed by atoms with Crippen LogP contribution in [0.1, 0.15) is 24.0 Å². The molecule has 0 aromatic heterocycles. The molecule has 0 saturated heterocycles. The minimum Gasteiger partial charge on any atom is -0.508 e. The molecule has 0 bridgehead atoms. The summed E-state index contributed by atoms with van der Waals surface area (Å²) in [5.74, 6) is -7.02. The average Bonchev–Trinajstić information content (AvgIpc) is 2.91. The summed E-state index contributed by atoms with van der Waals surface area (Å²) in [4.78, 5) is 55.1. The third-order valence-corrected chi connectivity index (χ3v) is 8.10. The summed E-state index contributed by atoms with van der Waals surface area (Å²) < 4.78 is 0. The number of ketones is 2. The number of Topliss-reactive ketones (excluding diaryl/α,β-unsaturated/α-hetero) is 2. The first-order valence-electron chi connectivity index (χ1n) is 12.9. The second kappa shape index (κ2) is 10.1. The van der Waals surface area contributed by atoms with E-state index >= 15 is 0 Å². The predicted octanol–water partition coefficient (Wildman–Crippen LogP) is 1.52. The molecule has 0 heterocycles. The maximum Gasteiger partial charge on any atom is 0.255 e. The van der Waals surface area contributed by atoms with Crippen LogP contribution in [0.5, 0.6) is 5.75 Å². The Balaban J connectivity index is 1.53. The van der Waals surface area contributed by atoms with Crippen molar-refractivity contribution in [2.24, 2.45) is 17.6 Å². The molecule has 0 radical (unpaired) electrons. The van der Waals surface area contributed by atoms with E-state index in [-0.39, 0.29) is 48.6 Å². The molecule has 41 heavy (non-hydrogen) atoms. The topological polar surface area (TPSA) is 200 Å². The minimum atomic E-state index is -2.61.